The molecule has 0 radical (unpaired) electrons. The van der Waals surface area contributed by atoms with Gasteiger partial charge in [0.15, 0.2) is 6.10 Å². The van der Waals surface area contributed by atoms with Gasteiger partial charge < -0.3 is 108 Å². The molecule has 0 unspecified atom stereocenters. The van der Waals surface area contributed by atoms with Crippen molar-refractivity contribution in [3.63, 3.8) is 0 Å². The van der Waals surface area contributed by atoms with Crippen LogP contribution in [0.15, 0.2) is 60.0 Å². The number of likely N-dealkylation sites (N-methyl/N-ethyl adjacent to an activating group) is 2. The minimum absolute atomic E-state index is 0.0140. The molecule has 0 spiro atoms. The number of anilines is 1. The molecule has 15 amide bonds. The minimum Gasteiger partial charge on any atom is -0.506 e. The van der Waals surface area contributed by atoms with Crippen LogP contribution in [0, 0.1) is 17.8 Å². The van der Waals surface area contributed by atoms with Gasteiger partial charge in [-0.1, -0.05) is 54.0 Å². The van der Waals surface area contributed by atoms with Crippen molar-refractivity contribution in [2.24, 2.45) is 17.8 Å². The van der Waals surface area contributed by atoms with Crippen molar-refractivity contribution in [1.29, 1.82) is 0 Å². The summed E-state index contributed by atoms with van der Waals surface area (Å²) in [6.07, 6.45) is 2.50. The molecule has 0 aliphatic carbocycles. The zero-order valence-electron chi connectivity index (χ0n) is 78.4. The smallest absolute Gasteiger partial charge is 0.326 e. The van der Waals surface area contributed by atoms with Crippen LogP contribution in [0.2, 0.25) is 0 Å². The summed E-state index contributed by atoms with van der Waals surface area (Å²) in [5.41, 5.74) is -0.153. The number of thiazole rings is 1. The predicted molar refractivity (Wildman–Crippen MR) is 488 cm³/mol. The minimum atomic E-state index is -1.54. The highest BCUT2D eigenvalue weighted by molar-refractivity contribution is 7.09. The van der Waals surface area contributed by atoms with Gasteiger partial charge in [0.1, 0.15) is 52.7 Å². The average Bonchev–Trinajstić information content (AvgIpc) is 1.40. The van der Waals surface area contributed by atoms with Crippen LogP contribution in [0.3, 0.4) is 0 Å². The van der Waals surface area contributed by atoms with Gasteiger partial charge in [0.05, 0.1) is 37.7 Å². The lowest BCUT2D eigenvalue weighted by Gasteiger charge is -2.38. The summed E-state index contributed by atoms with van der Waals surface area (Å²) in [6, 6.07) is -0.0787. The molecule has 1 aromatic heterocycles. The first kappa shape index (κ1) is 114. The van der Waals surface area contributed by atoms with Crippen molar-refractivity contribution < 1.29 is 131 Å². The fourth-order valence-corrected chi connectivity index (χ4v) is 14.4. The number of aromatic nitrogens is 1. The van der Waals surface area contributed by atoms with Gasteiger partial charge in [-0.15, -0.1) is 11.3 Å². The van der Waals surface area contributed by atoms with E-state index in [4.69, 9.17) is 19.3 Å². The monoisotopic (exact) mass is 1900 g/mol. The lowest BCUT2D eigenvalue weighted by Crippen LogP contribution is -2.60. The normalized spacial score (nSPS) is 14.1. The third-order valence-electron chi connectivity index (χ3n) is 22.3. The number of urea groups is 1. The fraction of sp³-hybridized carbons (Fsp3) is 0.600. The second-order valence-electron chi connectivity index (χ2n) is 34.0. The van der Waals surface area contributed by atoms with E-state index in [1.807, 2.05) is 27.7 Å². The molecule has 2 heterocycles. The number of carboxylic acid groups (broad SMARTS) is 4. The highest BCUT2D eigenvalue weighted by atomic mass is 32.1. The lowest BCUT2D eigenvalue weighted by molar-refractivity contribution is -0.149. The van der Waals surface area contributed by atoms with Crippen LogP contribution in [0.1, 0.15) is 233 Å². The second kappa shape index (κ2) is 58.4. The Kier molecular flexibility index (Phi) is 49.6. The number of hydrogen-bond acceptors (Lipinski definition) is 26. The highest BCUT2D eigenvalue weighted by Gasteiger charge is 2.40. The van der Waals surface area contributed by atoms with E-state index in [1.54, 1.807) is 58.6 Å². The molecule has 0 saturated heterocycles. The number of nitrogens with zero attached hydrogens (tertiary/aromatic N) is 4. The molecule has 2 aromatic carbocycles. The highest BCUT2D eigenvalue weighted by Crippen LogP contribution is 2.32. The summed E-state index contributed by atoms with van der Waals surface area (Å²) >= 11 is 1.03. The SMILES string of the molecule is CC[C@H](C)[C@H](NC(=O)C(C)(C)N(C)C)C(=O)N(C)[C@H](C[C@@H](OC(C)=O)c1nc(C(=O)N[C@H](CCC(=O)O)Cc2ccc(O)c(NC(=O)[C@H](C)NC(=O)[C@@H](NC(=O)[C@H](CCCCNC(=O)CCOCCOCCNC(=O)c3ccc(C(=O)NCCCCC(=O)NCCCC[C@H](NC(=O)N[C@@H](CCC(=O)O)C(=O)O)C(=O)O)cc3)NC(=O)CCCN3C(=O)C=CC3=O)C(C)C)c2)cs1)C(C)C. The number of carbonyl (C=O) groups excluding carboxylic acids is 15. The van der Waals surface area contributed by atoms with Crippen LogP contribution >= 0.6 is 11.3 Å². The largest absolute Gasteiger partial charge is 0.506 e. The van der Waals surface area contributed by atoms with Crippen molar-refractivity contribution >= 4 is 130 Å². The molecule has 742 valence electrons. The molecular weight excluding hydrogens is 1770 g/mol. The molecule has 44 heteroatoms. The summed E-state index contributed by atoms with van der Waals surface area (Å²) < 4.78 is 16.9. The zero-order valence-corrected chi connectivity index (χ0v) is 79.2. The Morgan fingerprint density at radius 2 is 1.08 bits per heavy atom. The number of ether oxygens (including phenoxy) is 3. The number of phenols is 1. The fourth-order valence-electron chi connectivity index (χ4n) is 13.5. The van der Waals surface area contributed by atoms with Crippen LogP contribution < -0.4 is 63.8 Å². The summed E-state index contributed by atoms with van der Waals surface area (Å²) in [7, 11) is 5.15. The standard InChI is InChI=1S/C90H134N16O27S/c1-14-54(6)77(103-88(129)90(9,10)104(11)12)85(124)105(13)66(52(2)3)50-68(133-56(8)107)84-99-65(51-134-84)82(122)96-60(31-36-74(114)115)48-57-26-33-67(108)64(49-57)98-78(118)55(7)95-83(123)76(53(4)5)102-81(121)61(97-71(111)25-21-43-106-72(112)34-35-73(106)113)22-15-18-40-92-70(110)38-44-131-46-47-132-45-42-94-80(120)59-29-27-58(28-30-59)79(119)93-41-20-17-24-69(109)91-39-19-16-23-62(86(125)126)100-89(130)101-63(87(127)128)32-37-75(116)117/h26-30,33-35,49,51-55,60-63,66,68,76-77,108H,14-25,31-32,36-48,50H2,1-13H3,(H,91,109)(H,92,110)(H,93,119)(H,94,120)(H,95,123)(H,96,122)(H,97,111)(H,98,118)(H,102,121)(H,103,129)(H,114,115)(H,116,117)(H,125,126)(H,127,128)(H2,100,101,130)/t54-,55-,60+,61-,62-,63-,66+,68+,76-,77-/m0/s1. The van der Waals surface area contributed by atoms with Crippen molar-refractivity contribution in [2.75, 3.05) is 85.6 Å². The van der Waals surface area contributed by atoms with Gasteiger partial charge in [-0.2, -0.15) is 0 Å². The van der Waals surface area contributed by atoms with E-state index in [0.29, 0.717) is 43.2 Å². The number of amides is 15. The maximum Gasteiger partial charge on any atom is 0.326 e. The molecule has 0 bridgehead atoms. The van der Waals surface area contributed by atoms with Crippen LogP contribution in [0.5, 0.6) is 5.75 Å². The number of carbonyl (C=O) groups is 19. The van der Waals surface area contributed by atoms with E-state index in [2.05, 4.69) is 68.8 Å². The van der Waals surface area contributed by atoms with Gasteiger partial charge >= 0.3 is 35.9 Å². The molecule has 134 heavy (non-hydrogen) atoms. The Bertz CT molecular complexity index is 4520. The third-order valence-corrected chi connectivity index (χ3v) is 23.2. The van der Waals surface area contributed by atoms with Crippen LogP contribution in [0.25, 0.3) is 0 Å². The van der Waals surface area contributed by atoms with E-state index in [0.717, 1.165) is 28.4 Å². The molecule has 43 nitrogen and oxygen atoms in total. The Labute approximate surface area is 782 Å². The van der Waals surface area contributed by atoms with E-state index in [9.17, 15) is 112 Å². The van der Waals surface area contributed by atoms with E-state index >= 15 is 0 Å². The van der Waals surface area contributed by atoms with Crippen LogP contribution in [0.4, 0.5) is 10.5 Å². The molecule has 1 aliphatic heterocycles. The molecule has 17 N–H and O–H groups in total. The Hall–Kier alpha value is -12.6. The number of imide groups is 1. The zero-order chi connectivity index (χ0) is 100. The van der Waals surface area contributed by atoms with Gasteiger partial charge in [0.25, 0.3) is 29.5 Å². The van der Waals surface area contributed by atoms with Crippen molar-refractivity contribution in [3.8, 4) is 5.75 Å². The third kappa shape index (κ3) is 40.9. The number of aromatic hydroxyl groups is 1. The predicted octanol–water partition coefficient (Wildman–Crippen LogP) is 3.57. The average molecular weight is 1900 g/mol. The number of esters is 1. The van der Waals surface area contributed by atoms with Gasteiger partial charge in [0, 0.05) is 126 Å². The first-order valence-electron chi connectivity index (χ1n) is 44.8. The maximum atomic E-state index is 14.4. The number of unbranched alkanes of at least 4 members (excludes halogenated alkanes) is 3. The van der Waals surface area contributed by atoms with Crippen molar-refractivity contribution in [2.45, 2.75) is 251 Å². The lowest BCUT2D eigenvalue weighted by atomic mass is 9.92. The van der Waals surface area contributed by atoms with E-state index < -0.39 is 174 Å². The molecular formula is C90H134N16O27S. The topological polar surface area (TPSA) is 620 Å². The molecule has 4 rings (SSSR count). The molecule has 10 atom stereocenters. The number of phenolic OH excluding ortho intramolecular Hbond substituents is 1. The van der Waals surface area contributed by atoms with Crippen LogP contribution in [-0.2, 0) is 92.5 Å². The van der Waals surface area contributed by atoms with Gasteiger partial charge in [-0.3, -0.25) is 86.5 Å². The summed E-state index contributed by atoms with van der Waals surface area (Å²) in [4.78, 5) is 252. The van der Waals surface area contributed by atoms with Gasteiger partial charge in [-0.25, -0.2) is 19.4 Å². The van der Waals surface area contributed by atoms with Crippen molar-refractivity contribution in [1.82, 2.24) is 78.2 Å². The first-order chi connectivity index (χ1) is 63.2. The van der Waals surface area contributed by atoms with Gasteiger partial charge in [0.2, 0.25) is 47.3 Å². The molecule has 3 aromatic rings. The molecule has 1 aliphatic rings. The van der Waals surface area contributed by atoms with Crippen LogP contribution in [-0.4, -0.2) is 292 Å². The van der Waals surface area contributed by atoms with E-state index in [-0.39, 0.29) is 194 Å². The number of carboxylic acids is 4. The van der Waals surface area contributed by atoms with Crippen molar-refractivity contribution in [3.05, 3.63) is 87.4 Å². The summed E-state index contributed by atoms with van der Waals surface area (Å²) in [5.74, 6) is -14.3. The number of nitrogens with one attached hydrogen (secondary N) is 12. The molecule has 0 saturated carbocycles. The summed E-state index contributed by atoms with van der Waals surface area (Å²) in [6.45, 7) is 18.0. The van der Waals surface area contributed by atoms with Gasteiger partial charge in [-0.05, 0) is 172 Å². The van der Waals surface area contributed by atoms with E-state index in [1.165, 1.54) is 61.7 Å². The quantitative estimate of drug-likeness (QED) is 0.0166. The maximum absolute atomic E-state index is 14.4. The Morgan fingerprint density at radius 3 is 1.64 bits per heavy atom. The first-order valence-corrected chi connectivity index (χ1v) is 45.7. The summed E-state index contributed by atoms with van der Waals surface area (Å²) in [5, 5.41) is 81.6. The number of rotatable bonds is 64. The Balaban J connectivity index is 1.23. The Morgan fingerprint density at radius 1 is 0.537 bits per heavy atom. The number of benzene rings is 2. The molecule has 0 fully saturated rings. The number of aliphatic carboxylic acids is 4. The number of hydrogen-bond donors (Lipinski definition) is 17. The second-order valence-corrected chi connectivity index (χ2v) is 34.9.